The molecule has 1 saturated heterocycles. The van der Waals surface area contributed by atoms with Gasteiger partial charge in [-0.15, -0.1) is 0 Å². The van der Waals surface area contributed by atoms with Gasteiger partial charge in [-0.05, 0) is 12.5 Å². The van der Waals surface area contributed by atoms with Crippen molar-refractivity contribution < 1.29 is 23.6 Å². The van der Waals surface area contributed by atoms with Gasteiger partial charge in [-0.1, -0.05) is 24.2 Å². The molecule has 0 radical (unpaired) electrons. The zero-order valence-electron chi connectivity index (χ0n) is 16.6. The van der Waals surface area contributed by atoms with Gasteiger partial charge in [0.1, 0.15) is 17.0 Å². The van der Waals surface area contributed by atoms with Gasteiger partial charge in [0.25, 0.3) is 5.91 Å². The topological polar surface area (TPSA) is 128 Å². The van der Waals surface area contributed by atoms with Crippen molar-refractivity contribution in [1.82, 2.24) is 20.3 Å². The smallest absolute Gasteiger partial charge is 0.263 e. The number of nitrogens with one attached hydrogen (secondary N) is 2. The van der Waals surface area contributed by atoms with Gasteiger partial charge in [-0.2, -0.15) is 5.10 Å². The van der Waals surface area contributed by atoms with Crippen molar-refractivity contribution in [3.05, 3.63) is 35.7 Å². The van der Waals surface area contributed by atoms with Gasteiger partial charge in [-0.25, -0.2) is 0 Å². The molecule has 1 atom stereocenters. The molecular weight excluding hydrogens is 390 g/mol. The zero-order valence-corrected chi connectivity index (χ0v) is 16.6. The number of aryl methyl sites for hydroxylation is 2. The van der Waals surface area contributed by atoms with Gasteiger partial charge in [0.15, 0.2) is 12.4 Å². The second-order valence-electron chi connectivity index (χ2n) is 7.03. The third-order valence-electron chi connectivity index (χ3n) is 4.96. The number of hydrogen-bond acceptors (Lipinski definition) is 7. The number of carbonyl (C=O) groups excluding carboxylic acids is 3. The Hall–Kier alpha value is -3.69. The summed E-state index contributed by atoms with van der Waals surface area (Å²) in [5.41, 5.74) is 1.25. The molecule has 3 aromatic rings. The van der Waals surface area contributed by atoms with Crippen molar-refractivity contribution in [2.75, 3.05) is 11.9 Å². The standard InChI is InChI=1S/C20H21N5O5/c1-3-11-9-15(24-30-11)21-17(27)10-29-14-6-4-5-12-18(23-25(2)19(12)14)13-7-8-16(26)22-20(13)28/h4-6,9,13H,3,7-8,10H2,1-2H3,(H,21,24,27)(H,22,26,28). The number of nitrogens with zero attached hydrogens (tertiary/aromatic N) is 3. The first-order valence-electron chi connectivity index (χ1n) is 9.63. The van der Waals surface area contributed by atoms with Crippen molar-refractivity contribution in [3.63, 3.8) is 0 Å². The minimum absolute atomic E-state index is 0.230. The number of carbonyl (C=O) groups is 3. The molecule has 2 aromatic heterocycles. The average molecular weight is 411 g/mol. The fraction of sp³-hybridized carbons (Fsp3) is 0.350. The summed E-state index contributed by atoms with van der Waals surface area (Å²) in [6, 6.07) is 7.01. The molecule has 10 heteroatoms. The highest BCUT2D eigenvalue weighted by atomic mass is 16.5. The highest BCUT2D eigenvalue weighted by Crippen LogP contribution is 2.34. The van der Waals surface area contributed by atoms with Crippen LogP contribution in [0, 0.1) is 0 Å². The molecular formula is C20H21N5O5. The molecule has 0 spiro atoms. The fourth-order valence-electron chi connectivity index (χ4n) is 3.52. The van der Waals surface area contributed by atoms with Crippen LogP contribution >= 0.6 is 0 Å². The number of benzene rings is 1. The SMILES string of the molecule is CCc1cc(NC(=O)COc2cccc3c(C4CCC(=O)NC4=O)nn(C)c23)no1. The molecule has 2 N–H and O–H groups in total. The lowest BCUT2D eigenvalue weighted by Crippen LogP contribution is -2.39. The van der Waals surface area contributed by atoms with Crippen LogP contribution in [0.1, 0.15) is 37.1 Å². The lowest BCUT2D eigenvalue weighted by Gasteiger charge is -2.19. The number of aromatic nitrogens is 3. The van der Waals surface area contributed by atoms with E-state index in [0.717, 1.165) is 5.39 Å². The number of amides is 3. The van der Waals surface area contributed by atoms with Gasteiger partial charge in [0.2, 0.25) is 11.8 Å². The molecule has 4 rings (SSSR count). The fourth-order valence-corrected chi connectivity index (χ4v) is 3.52. The van der Waals surface area contributed by atoms with E-state index in [1.165, 1.54) is 0 Å². The second kappa shape index (κ2) is 7.97. The molecule has 3 amide bonds. The van der Waals surface area contributed by atoms with Crippen LogP contribution in [0.5, 0.6) is 5.75 Å². The number of para-hydroxylation sites is 1. The maximum absolute atomic E-state index is 12.3. The van der Waals surface area contributed by atoms with E-state index in [1.54, 1.807) is 29.9 Å². The highest BCUT2D eigenvalue weighted by Gasteiger charge is 2.32. The quantitative estimate of drug-likeness (QED) is 0.590. The Bertz CT molecular complexity index is 1130. The molecule has 30 heavy (non-hydrogen) atoms. The first-order valence-corrected chi connectivity index (χ1v) is 9.63. The Morgan fingerprint density at radius 3 is 2.97 bits per heavy atom. The van der Waals surface area contributed by atoms with Crippen molar-refractivity contribution >= 4 is 34.4 Å². The lowest BCUT2D eigenvalue weighted by molar-refractivity contribution is -0.134. The van der Waals surface area contributed by atoms with Gasteiger partial charge >= 0.3 is 0 Å². The number of piperidine rings is 1. The van der Waals surface area contributed by atoms with Gasteiger partial charge in [0.05, 0.1) is 11.6 Å². The van der Waals surface area contributed by atoms with E-state index >= 15 is 0 Å². The van der Waals surface area contributed by atoms with E-state index in [1.807, 2.05) is 13.0 Å². The molecule has 1 aliphatic heterocycles. The molecule has 10 nitrogen and oxygen atoms in total. The number of hydrogen-bond donors (Lipinski definition) is 2. The maximum Gasteiger partial charge on any atom is 0.263 e. The summed E-state index contributed by atoms with van der Waals surface area (Å²) in [6.07, 6.45) is 1.35. The average Bonchev–Trinajstić information content (AvgIpc) is 3.31. The van der Waals surface area contributed by atoms with Crippen LogP contribution in [0.3, 0.4) is 0 Å². The lowest BCUT2D eigenvalue weighted by atomic mass is 9.93. The van der Waals surface area contributed by atoms with E-state index in [4.69, 9.17) is 9.26 Å². The van der Waals surface area contributed by atoms with Crippen molar-refractivity contribution in [1.29, 1.82) is 0 Å². The molecule has 0 bridgehead atoms. The normalized spacial score (nSPS) is 16.5. The van der Waals surface area contributed by atoms with E-state index in [-0.39, 0.29) is 30.7 Å². The van der Waals surface area contributed by atoms with Gasteiger partial charge in [0, 0.05) is 31.3 Å². The molecule has 0 aliphatic carbocycles. The first kappa shape index (κ1) is 19.6. The van der Waals surface area contributed by atoms with Gasteiger partial charge < -0.3 is 14.6 Å². The van der Waals surface area contributed by atoms with E-state index in [0.29, 0.717) is 41.4 Å². The number of fused-ring (bicyclic) bond motifs is 1. The largest absolute Gasteiger partial charge is 0.481 e. The minimum Gasteiger partial charge on any atom is -0.481 e. The number of ether oxygens (including phenoxy) is 1. The summed E-state index contributed by atoms with van der Waals surface area (Å²) in [6.45, 7) is 1.69. The minimum atomic E-state index is -0.509. The van der Waals surface area contributed by atoms with Crippen LogP contribution in [0.2, 0.25) is 0 Å². The van der Waals surface area contributed by atoms with Crippen LogP contribution in [-0.4, -0.2) is 39.3 Å². The van der Waals surface area contributed by atoms with Crippen molar-refractivity contribution in [2.24, 2.45) is 7.05 Å². The van der Waals surface area contributed by atoms with Crippen LogP contribution < -0.4 is 15.4 Å². The Labute approximate surface area is 171 Å². The van der Waals surface area contributed by atoms with Crippen molar-refractivity contribution in [3.8, 4) is 5.75 Å². The summed E-state index contributed by atoms with van der Waals surface area (Å²) in [7, 11) is 1.74. The maximum atomic E-state index is 12.3. The highest BCUT2D eigenvalue weighted by molar-refractivity contribution is 6.03. The van der Waals surface area contributed by atoms with E-state index < -0.39 is 5.92 Å². The summed E-state index contributed by atoms with van der Waals surface area (Å²) in [5, 5.41) is 14.0. The van der Waals surface area contributed by atoms with Crippen LogP contribution in [-0.2, 0) is 27.9 Å². The molecule has 0 saturated carbocycles. The number of rotatable bonds is 6. The third kappa shape index (κ3) is 3.76. The second-order valence-corrected chi connectivity index (χ2v) is 7.03. The summed E-state index contributed by atoms with van der Waals surface area (Å²) in [5.74, 6) is -0.0436. The Morgan fingerprint density at radius 1 is 1.40 bits per heavy atom. The van der Waals surface area contributed by atoms with Gasteiger partial charge in [-0.3, -0.25) is 24.4 Å². The summed E-state index contributed by atoms with van der Waals surface area (Å²) in [4.78, 5) is 35.9. The number of imide groups is 1. The van der Waals surface area contributed by atoms with E-state index in [2.05, 4.69) is 20.9 Å². The molecule has 1 aromatic carbocycles. The Kier molecular flexibility index (Phi) is 5.21. The van der Waals surface area contributed by atoms with Crippen LogP contribution in [0.15, 0.2) is 28.8 Å². The van der Waals surface area contributed by atoms with Crippen LogP contribution in [0.4, 0.5) is 5.82 Å². The van der Waals surface area contributed by atoms with E-state index in [9.17, 15) is 14.4 Å². The predicted molar refractivity (Wildman–Crippen MR) is 106 cm³/mol. The summed E-state index contributed by atoms with van der Waals surface area (Å²) >= 11 is 0. The summed E-state index contributed by atoms with van der Waals surface area (Å²) < 4.78 is 12.4. The molecule has 1 fully saturated rings. The van der Waals surface area contributed by atoms with Crippen LogP contribution in [0.25, 0.3) is 10.9 Å². The number of anilines is 1. The third-order valence-corrected chi connectivity index (χ3v) is 4.96. The predicted octanol–water partition coefficient (Wildman–Crippen LogP) is 1.66. The van der Waals surface area contributed by atoms with Crippen molar-refractivity contribution in [2.45, 2.75) is 32.1 Å². The monoisotopic (exact) mass is 411 g/mol. The molecule has 1 aliphatic rings. The Morgan fingerprint density at radius 2 is 2.23 bits per heavy atom. The first-order chi connectivity index (χ1) is 14.5. The zero-order chi connectivity index (χ0) is 21.3. The molecule has 156 valence electrons. The molecule has 1 unspecified atom stereocenters. The Balaban J connectivity index is 1.52. The molecule has 3 heterocycles.